The summed E-state index contributed by atoms with van der Waals surface area (Å²) in [5, 5.41) is 11.9. The summed E-state index contributed by atoms with van der Waals surface area (Å²) in [7, 11) is -0.278. The number of likely N-dealkylation sites (N-methyl/N-ethyl adjacent to an activating group) is 1. The fourth-order valence-corrected chi connectivity index (χ4v) is 11.8. The number of thiophene rings is 1. The van der Waals surface area contributed by atoms with E-state index in [0.717, 1.165) is 32.6 Å². The Morgan fingerprint density at radius 3 is 2.42 bits per heavy atom. The largest absolute Gasteiger partial charge is 0.490 e. The van der Waals surface area contributed by atoms with Gasteiger partial charge in [-0.2, -0.15) is 0 Å². The van der Waals surface area contributed by atoms with E-state index in [4.69, 9.17) is 47.1 Å². The highest BCUT2D eigenvalue weighted by Crippen LogP contribution is 2.53. The summed E-state index contributed by atoms with van der Waals surface area (Å²) in [6, 6.07) is 12.7. The predicted octanol–water partition coefficient (Wildman–Crippen LogP) is 9.60. The second-order valence-electron chi connectivity index (χ2n) is 18.8. The van der Waals surface area contributed by atoms with Crippen LogP contribution in [-0.2, 0) is 27.2 Å². The van der Waals surface area contributed by atoms with Crippen molar-refractivity contribution in [2.24, 2.45) is 0 Å². The minimum atomic E-state index is -2.37. The van der Waals surface area contributed by atoms with Crippen LogP contribution in [0.15, 0.2) is 61.1 Å². The van der Waals surface area contributed by atoms with Crippen molar-refractivity contribution in [3.63, 3.8) is 0 Å². The number of aromatic nitrogens is 4. The Bertz CT molecular complexity index is 3000. The number of ether oxygens (including phenoxy) is 4. The first kappa shape index (κ1) is 50.5. The smallest absolute Gasteiger partial charge is 0.345 e. The lowest BCUT2D eigenvalue weighted by molar-refractivity contribution is -0.145. The lowest BCUT2D eigenvalue weighted by Gasteiger charge is -2.35. The zero-order valence-corrected chi connectivity index (χ0v) is 43.3. The molecule has 4 bridgehead atoms. The van der Waals surface area contributed by atoms with Gasteiger partial charge in [-0.3, -0.25) is 9.69 Å². The van der Waals surface area contributed by atoms with Gasteiger partial charge in [0.1, 0.15) is 47.8 Å². The molecule has 0 spiro atoms. The summed E-state index contributed by atoms with van der Waals surface area (Å²) >= 11 is 16.0. The summed E-state index contributed by atoms with van der Waals surface area (Å²) in [5.41, 5.74) is 4.21. The van der Waals surface area contributed by atoms with Crippen molar-refractivity contribution in [2.45, 2.75) is 64.4 Å². The summed E-state index contributed by atoms with van der Waals surface area (Å²) in [6.07, 6.45) is 2.73. The van der Waals surface area contributed by atoms with E-state index in [0.29, 0.717) is 103 Å². The van der Waals surface area contributed by atoms with E-state index in [1.807, 2.05) is 13.8 Å². The molecule has 2 saturated heterocycles. The maximum absolute atomic E-state index is 14.4. The molecule has 3 atom stereocenters. The highest BCUT2D eigenvalue weighted by atomic mass is 35.5. The van der Waals surface area contributed by atoms with Crippen LogP contribution in [0.2, 0.25) is 10.0 Å². The molecule has 2 fully saturated rings. The van der Waals surface area contributed by atoms with E-state index in [2.05, 4.69) is 31.8 Å². The van der Waals surface area contributed by atoms with Gasteiger partial charge in [-0.15, -0.1) is 11.3 Å². The molecule has 4 aliphatic heterocycles. The van der Waals surface area contributed by atoms with Gasteiger partial charge >= 0.3 is 5.97 Å². The number of hydrogen-bond acceptors (Lipinski definition) is 14. The number of nitrogens with zero attached hydrogens (tertiary/aromatic N) is 7. The molecule has 0 saturated carbocycles. The van der Waals surface area contributed by atoms with Crippen molar-refractivity contribution in [2.75, 3.05) is 72.4 Å². The molecule has 0 unspecified atom stereocenters. The minimum absolute atomic E-state index is 0.00571. The standard InChI is InChI=1S/C51H55Cl2FN7O8PS/c1-29-41-30(2)45(53)46(44(29)52)68-36(25-60-20-18-59(3)19-21-60)27-66-35-12-13-38(67-26-34-14-16-55-48(58-34)37-7-6-17-61(37)40(62)15-22-70(4,5)65)32(23-35)24-39(51(63)64)69-49-43-42(41)47(71-50(43)57-28-56-49)31-8-10-33(54)11-9-31/h8-14,16,23,28,36-37,39H,6-7,15,17-22,24-27H2,1-5H3,(H,63,64)/t36-,37-,39-/m1/s1. The van der Waals surface area contributed by atoms with Crippen molar-refractivity contribution in [1.29, 1.82) is 0 Å². The van der Waals surface area contributed by atoms with Crippen LogP contribution in [0.1, 0.15) is 53.5 Å². The number of amides is 1. The van der Waals surface area contributed by atoms with Crippen LogP contribution in [0.4, 0.5) is 4.39 Å². The fourth-order valence-electron chi connectivity index (χ4n) is 9.36. The third-order valence-corrected chi connectivity index (χ3v) is 16.6. The van der Waals surface area contributed by atoms with Gasteiger partial charge < -0.3 is 38.4 Å². The summed E-state index contributed by atoms with van der Waals surface area (Å²) in [5.74, 6) is -0.155. The van der Waals surface area contributed by atoms with Gasteiger partial charge in [-0.1, -0.05) is 35.3 Å². The molecule has 1 N–H and O–H groups in total. The second-order valence-corrected chi connectivity index (χ2v) is 24.2. The Kier molecular flexibility index (Phi) is 15.2. The molecule has 3 aromatic heterocycles. The number of fused-ring (bicyclic) bond motifs is 7. The molecule has 20 heteroatoms. The second kappa shape index (κ2) is 21.3. The molecular formula is C51H55Cl2FN7O8PS. The molecule has 15 nitrogen and oxygen atoms in total. The average Bonchev–Trinajstić information content (AvgIpc) is 4.00. The number of carbonyl (C=O) groups is 2. The summed E-state index contributed by atoms with van der Waals surface area (Å²) < 4.78 is 53.1. The Labute approximate surface area is 425 Å². The van der Waals surface area contributed by atoms with E-state index >= 15 is 0 Å². The van der Waals surface area contributed by atoms with Crippen molar-refractivity contribution in [3.8, 4) is 44.7 Å². The first-order valence-electron chi connectivity index (χ1n) is 23.5. The lowest BCUT2D eigenvalue weighted by atomic mass is 9.92. The fraction of sp³-hybridized carbons (Fsp3) is 0.412. The maximum atomic E-state index is 14.4. The third kappa shape index (κ3) is 11.3. The number of piperazine rings is 1. The molecule has 0 radical (unpaired) electrons. The highest BCUT2D eigenvalue weighted by molar-refractivity contribution is 7.62. The molecule has 4 aliphatic rings. The SMILES string of the molecule is Cc1c(Cl)c2c(Cl)c(C)c1-c1c(-c3ccc(F)cc3)sc3ncnc(c13)O[C@@H](C(=O)O)Cc1cc(ccc1OCc1ccnc([C@H]3CCCN3C(=O)CCP(C)(C)=O)n1)OC[C@@H](CN1CCN(C)CC1)O2. The quantitative estimate of drug-likeness (QED) is 0.122. The topological polar surface area (TPSA) is 170 Å². The van der Waals surface area contributed by atoms with Gasteiger partial charge in [0.2, 0.25) is 17.9 Å². The average molecular weight is 1050 g/mol. The first-order valence-corrected chi connectivity index (χ1v) is 27.9. The predicted molar refractivity (Wildman–Crippen MR) is 273 cm³/mol. The molecule has 0 aliphatic carbocycles. The minimum Gasteiger partial charge on any atom is -0.490 e. The molecule has 71 heavy (non-hydrogen) atoms. The molecule has 374 valence electrons. The molecule has 6 aromatic rings. The summed E-state index contributed by atoms with van der Waals surface area (Å²) in [4.78, 5) is 52.8. The zero-order valence-electron chi connectivity index (χ0n) is 40.1. The third-order valence-electron chi connectivity index (χ3n) is 13.2. The van der Waals surface area contributed by atoms with Crippen LogP contribution < -0.4 is 18.9 Å². The van der Waals surface area contributed by atoms with Gasteiger partial charge in [0.25, 0.3) is 0 Å². The number of carboxylic acid groups (broad SMARTS) is 1. The van der Waals surface area contributed by atoms with Gasteiger partial charge in [-0.25, -0.2) is 29.1 Å². The van der Waals surface area contributed by atoms with Gasteiger partial charge in [0.15, 0.2) is 11.6 Å². The molecule has 10 rings (SSSR count). The zero-order chi connectivity index (χ0) is 50.1. The van der Waals surface area contributed by atoms with Crippen molar-refractivity contribution < 1.29 is 42.6 Å². The van der Waals surface area contributed by atoms with Crippen LogP contribution >= 0.6 is 41.7 Å². The van der Waals surface area contributed by atoms with Crippen LogP contribution in [0.3, 0.4) is 0 Å². The van der Waals surface area contributed by atoms with Gasteiger partial charge in [0, 0.05) is 80.5 Å². The molecular weight excluding hydrogens is 992 g/mol. The number of halogens is 3. The van der Waals surface area contributed by atoms with Crippen LogP contribution in [0.5, 0.6) is 23.1 Å². The van der Waals surface area contributed by atoms with E-state index in [9.17, 15) is 23.7 Å². The van der Waals surface area contributed by atoms with Crippen LogP contribution in [-0.4, -0.2) is 136 Å². The summed E-state index contributed by atoms with van der Waals surface area (Å²) in [6.45, 7) is 11.7. The molecule has 3 aromatic carbocycles. The number of rotatable bonds is 11. The lowest BCUT2D eigenvalue weighted by Crippen LogP contribution is -2.49. The van der Waals surface area contributed by atoms with Crippen molar-refractivity contribution in [1.82, 2.24) is 34.6 Å². The van der Waals surface area contributed by atoms with E-state index in [1.165, 1.54) is 29.8 Å². The Morgan fingerprint density at radius 1 is 0.958 bits per heavy atom. The van der Waals surface area contributed by atoms with Crippen molar-refractivity contribution in [3.05, 3.63) is 105 Å². The Morgan fingerprint density at radius 2 is 1.70 bits per heavy atom. The number of hydrogen-bond donors (Lipinski definition) is 1. The van der Waals surface area contributed by atoms with E-state index < -0.39 is 31.1 Å². The Balaban J connectivity index is 1.11. The van der Waals surface area contributed by atoms with Crippen LogP contribution in [0.25, 0.3) is 31.8 Å². The van der Waals surface area contributed by atoms with Gasteiger partial charge in [-0.05, 0) is 106 Å². The number of carbonyl (C=O) groups excluding carboxylic acids is 1. The highest BCUT2D eigenvalue weighted by Gasteiger charge is 2.34. The molecule has 1 amide bonds. The monoisotopic (exact) mass is 1050 g/mol. The van der Waals surface area contributed by atoms with Crippen LogP contribution in [0, 0.1) is 19.7 Å². The normalized spacial score (nSPS) is 19.0. The van der Waals surface area contributed by atoms with E-state index in [1.54, 1.807) is 60.8 Å². The number of likely N-dealkylation sites (tertiary alicyclic amines) is 1. The Hall–Kier alpha value is -5.42. The number of aliphatic carboxylic acids is 1. The first-order chi connectivity index (χ1) is 34.0. The molecule has 7 heterocycles. The number of carboxylic acids is 1. The van der Waals surface area contributed by atoms with Gasteiger partial charge in [0.05, 0.1) is 34.3 Å². The number of benzene rings is 3. The van der Waals surface area contributed by atoms with E-state index in [-0.39, 0.29) is 53.9 Å². The maximum Gasteiger partial charge on any atom is 0.345 e. The van der Waals surface area contributed by atoms with Crippen molar-refractivity contribution >= 4 is 63.8 Å².